The number of anilines is 1. The number of ether oxygens (including phenoxy) is 1. The van der Waals surface area contributed by atoms with E-state index < -0.39 is 5.60 Å². The molecule has 2 aliphatic rings. The number of aromatic amines is 1. The van der Waals surface area contributed by atoms with Crippen LogP contribution in [0.25, 0.3) is 11.1 Å². The van der Waals surface area contributed by atoms with Gasteiger partial charge < -0.3 is 19.6 Å². The Labute approximate surface area is 212 Å². The molecule has 2 aromatic carbocycles. The summed E-state index contributed by atoms with van der Waals surface area (Å²) >= 11 is 0. The zero-order valence-electron chi connectivity index (χ0n) is 21.3. The molecule has 0 radical (unpaired) electrons. The molecule has 0 atom stereocenters. The highest BCUT2D eigenvalue weighted by Crippen LogP contribution is 2.40. The number of benzene rings is 2. The topological polar surface area (TPSA) is 84.9 Å². The van der Waals surface area contributed by atoms with Crippen molar-refractivity contribution in [2.45, 2.75) is 44.4 Å². The molecule has 36 heavy (non-hydrogen) atoms. The number of H-pyrrole nitrogens is 1. The highest BCUT2D eigenvalue weighted by Gasteiger charge is 2.51. The van der Waals surface area contributed by atoms with Gasteiger partial charge in [0.05, 0.1) is 31.0 Å². The number of carbonyl (C=O) groups is 1. The standard InChI is InChI=1S/C28H35N5O3/c1-27(2,35)19-31-13-11-28(12-14-31)20-32(24-9-7-22(8-10-24)23-16-29-30-17-23)26(34)33(28)18-21-5-4-6-25(15-21)36-3/h4-10,15-17,35H,11-14,18-20H2,1-3H3,(H,29,30). The maximum Gasteiger partial charge on any atom is 0.325 e. The highest BCUT2D eigenvalue weighted by molar-refractivity contribution is 5.95. The minimum absolute atomic E-state index is 0.0322. The van der Waals surface area contributed by atoms with Gasteiger partial charge in [-0.1, -0.05) is 24.3 Å². The third-order valence-electron chi connectivity index (χ3n) is 7.37. The summed E-state index contributed by atoms with van der Waals surface area (Å²) in [5.74, 6) is 0.792. The number of nitrogens with one attached hydrogen (secondary N) is 1. The fourth-order valence-electron chi connectivity index (χ4n) is 5.53. The number of piperidine rings is 1. The van der Waals surface area contributed by atoms with Crippen molar-refractivity contribution in [1.29, 1.82) is 0 Å². The van der Waals surface area contributed by atoms with E-state index in [0.717, 1.165) is 54.1 Å². The Bertz CT molecular complexity index is 1180. The quantitative estimate of drug-likeness (QED) is 0.521. The van der Waals surface area contributed by atoms with Crippen molar-refractivity contribution in [2.75, 3.05) is 38.2 Å². The van der Waals surface area contributed by atoms with E-state index >= 15 is 0 Å². The fourth-order valence-corrected chi connectivity index (χ4v) is 5.53. The molecule has 0 unspecified atom stereocenters. The molecule has 0 saturated carbocycles. The number of hydrogen-bond acceptors (Lipinski definition) is 5. The average molecular weight is 490 g/mol. The van der Waals surface area contributed by atoms with Crippen LogP contribution in [0.2, 0.25) is 0 Å². The van der Waals surface area contributed by atoms with Gasteiger partial charge in [-0.2, -0.15) is 5.10 Å². The molecule has 0 bridgehead atoms. The maximum absolute atomic E-state index is 13.9. The van der Waals surface area contributed by atoms with Gasteiger partial charge in [0.15, 0.2) is 0 Å². The molecular weight excluding hydrogens is 454 g/mol. The smallest absolute Gasteiger partial charge is 0.325 e. The Hall–Kier alpha value is -3.36. The van der Waals surface area contributed by atoms with Gasteiger partial charge in [0.25, 0.3) is 0 Å². The van der Waals surface area contributed by atoms with E-state index in [2.05, 4.69) is 26.1 Å². The molecule has 2 amide bonds. The summed E-state index contributed by atoms with van der Waals surface area (Å²) in [6, 6.07) is 16.1. The van der Waals surface area contributed by atoms with Crippen molar-refractivity contribution in [2.24, 2.45) is 0 Å². The molecule has 8 nitrogen and oxygen atoms in total. The van der Waals surface area contributed by atoms with Crippen molar-refractivity contribution in [3.8, 4) is 16.9 Å². The van der Waals surface area contributed by atoms with Gasteiger partial charge in [0, 0.05) is 43.6 Å². The second kappa shape index (κ2) is 9.59. The van der Waals surface area contributed by atoms with Crippen molar-refractivity contribution in [1.82, 2.24) is 20.0 Å². The molecule has 0 aliphatic carbocycles. The number of rotatable bonds is 7. The second-order valence-corrected chi connectivity index (χ2v) is 10.7. The lowest BCUT2D eigenvalue weighted by molar-refractivity contribution is 0.00618. The predicted octanol–water partition coefficient (Wildman–Crippen LogP) is 4.13. The Balaban J connectivity index is 1.41. The Morgan fingerprint density at radius 1 is 1.11 bits per heavy atom. The molecule has 1 spiro atoms. The van der Waals surface area contributed by atoms with E-state index in [1.54, 1.807) is 13.3 Å². The van der Waals surface area contributed by atoms with Crippen LogP contribution >= 0.6 is 0 Å². The number of likely N-dealkylation sites (tertiary alicyclic amines) is 1. The molecule has 2 fully saturated rings. The largest absolute Gasteiger partial charge is 0.497 e. The minimum atomic E-state index is -0.737. The number of hydrogen-bond donors (Lipinski definition) is 2. The highest BCUT2D eigenvalue weighted by atomic mass is 16.5. The van der Waals surface area contributed by atoms with Gasteiger partial charge in [-0.15, -0.1) is 0 Å². The normalized spacial score (nSPS) is 18.3. The van der Waals surface area contributed by atoms with Crippen molar-refractivity contribution in [3.63, 3.8) is 0 Å². The summed E-state index contributed by atoms with van der Waals surface area (Å²) in [7, 11) is 1.66. The Kier molecular flexibility index (Phi) is 6.49. The first-order chi connectivity index (χ1) is 17.3. The molecule has 190 valence electrons. The zero-order valence-corrected chi connectivity index (χ0v) is 21.3. The van der Waals surface area contributed by atoms with Gasteiger partial charge in [-0.3, -0.25) is 10.00 Å². The van der Waals surface area contributed by atoms with Crippen LogP contribution in [0.15, 0.2) is 60.9 Å². The Morgan fingerprint density at radius 2 is 1.86 bits per heavy atom. The minimum Gasteiger partial charge on any atom is -0.497 e. The third kappa shape index (κ3) is 4.96. The number of carbonyl (C=O) groups excluding carboxylic acids is 1. The summed E-state index contributed by atoms with van der Waals surface area (Å²) in [6.45, 7) is 7.20. The molecule has 3 heterocycles. The van der Waals surface area contributed by atoms with Crippen molar-refractivity contribution >= 4 is 11.7 Å². The first-order valence-corrected chi connectivity index (χ1v) is 12.5. The Morgan fingerprint density at radius 3 is 2.50 bits per heavy atom. The van der Waals surface area contributed by atoms with E-state index in [1.807, 2.05) is 67.4 Å². The molecular formula is C28H35N5O3. The van der Waals surface area contributed by atoms with Gasteiger partial charge in [-0.05, 0) is 62.1 Å². The number of nitrogens with zero attached hydrogens (tertiary/aromatic N) is 4. The molecule has 5 rings (SSSR count). The lowest BCUT2D eigenvalue weighted by Gasteiger charge is -2.44. The van der Waals surface area contributed by atoms with Crippen LogP contribution in [0.5, 0.6) is 5.75 Å². The summed E-state index contributed by atoms with van der Waals surface area (Å²) in [6.07, 6.45) is 5.38. The predicted molar refractivity (Wildman–Crippen MR) is 140 cm³/mol. The van der Waals surface area contributed by atoms with Crippen LogP contribution < -0.4 is 9.64 Å². The molecule has 1 aromatic heterocycles. The maximum atomic E-state index is 13.9. The number of aliphatic hydroxyl groups is 1. The van der Waals surface area contributed by atoms with E-state index in [-0.39, 0.29) is 11.6 Å². The van der Waals surface area contributed by atoms with Crippen LogP contribution in [0.4, 0.5) is 10.5 Å². The van der Waals surface area contributed by atoms with Crippen LogP contribution in [0, 0.1) is 0 Å². The molecule has 3 aromatic rings. The summed E-state index contributed by atoms with van der Waals surface area (Å²) in [5.41, 5.74) is 3.03. The van der Waals surface area contributed by atoms with E-state index in [0.29, 0.717) is 19.6 Å². The lowest BCUT2D eigenvalue weighted by atomic mass is 9.85. The van der Waals surface area contributed by atoms with Crippen LogP contribution in [0.1, 0.15) is 32.3 Å². The van der Waals surface area contributed by atoms with Crippen LogP contribution in [-0.2, 0) is 6.54 Å². The number of urea groups is 1. The molecule has 2 saturated heterocycles. The van der Waals surface area contributed by atoms with E-state index in [4.69, 9.17) is 4.74 Å². The first-order valence-electron chi connectivity index (χ1n) is 12.5. The molecule has 2 aliphatic heterocycles. The number of methoxy groups -OCH3 is 1. The molecule has 8 heteroatoms. The molecule has 2 N–H and O–H groups in total. The second-order valence-electron chi connectivity index (χ2n) is 10.7. The van der Waals surface area contributed by atoms with Crippen molar-refractivity contribution in [3.05, 3.63) is 66.5 Å². The van der Waals surface area contributed by atoms with Crippen LogP contribution in [0.3, 0.4) is 0 Å². The SMILES string of the molecule is COc1cccc(CN2C(=O)N(c3ccc(-c4cn[nH]c4)cc3)CC23CCN(CC(C)(C)O)CC3)c1. The van der Waals surface area contributed by atoms with Gasteiger partial charge >= 0.3 is 6.03 Å². The van der Waals surface area contributed by atoms with Gasteiger partial charge in [0.1, 0.15) is 5.75 Å². The van der Waals surface area contributed by atoms with Gasteiger partial charge in [-0.25, -0.2) is 4.79 Å². The summed E-state index contributed by atoms with van der Waals surface area (Å²) in [4.78, 5) is 20.2. The average Bonchev–Trinajstić information content (AvgIpc) is 3.49. The third-order valence-corrected chi connectivity index (χ3v) is 7.37. The van der Waals surface area contributed by atoms with E-state index in [9.17, 15) is 9.90 Å². The number of aromatic nitrogens is 2. The number of β-amino-alcohol motifs (C(OH)–C–C–N with tert-alkyl or cyclic N) is 1. The zero-order chi connectivity index (χ0) is 25.3. The summed E-state index contributed by atoms with van der Waals surface area (Å²) in [5, 5.41) is 17.2. The first kappa shape index (κ1) is 24.3. The van der Waals surface area contributed by atoms with Crippen LogP contribution in [-0.4, -0.2) is 75.6 Å². The lowest BCUT2D eigenvalue weighted by Crippen LogP contribution is -2.55. The van der Waals surface area contributed by atoms with Crippen molar-refractivity contribution < 1.29 is 14.6 Å². The fraction of sp³-hybridized carbons (Fsp3) is 0.429. The monoisotopic (exact) mass is 489 g/mol. The number of amides is 2. The summed E-state index contributed by atoms with van der Waals surface area (Å²) < 4.78 is 5.42. The van der Waals surface area contributed by atoms with E-state index in [1.165, 1.54) is 0 Å². The van der Waals surface area contributed by atoms with Gasteiger partial charge in [0.2, 0.25) is 0 Å².